The van der Waals surface area contributed by atoms with Crippen molar-refractivity contribution in [1.29, 1.82) is 0 Å². The van der Waals surface area contributed by atoms with Gasteiger partial charge in [0.25, 0.3) is 0 Å². The molecule has 0 saturated heterocycles. The lowest BCUT2D eigenvalue weighted by molar-refractivity contribution is 0.103. The van der Waals surface area contributed by atoms with E-state index in [0.717, 1.165) is 0 Å². The van der Waals surface area contributed by atoms with Gasteiger partial charge in [0.2, 0.25) is 5.69 Å². The minimum absolute atomic E-state index is 0.133. The molecule has 0 aliphatic carbocycles. The van der Waals surface area contributed by atoms with Gasteiger partial charge in [-0.2, -0.15) is 0 Å². The molecule has 0 atom stereocenters. The average Bonchev–Trinajstić information content (AvgIpc) is 2.46. The van der Waals surface area contributed by atoms with Gasteiger partial charge in [-0.3, -0.25) is 4.79 Å². The van der Waals surface area contributed by atoms with Gasteiger partial charge in [-0.15, -0.1) is 0 Å². The lowest BCUT2D eigenvalue weighted by Gasteiger charge is -2.06. The Balaban J connectivity index is 2.39. The number of halogens is 1. The van der Waals surface area contributed by atoms with E-state index in [9.17, 15) is 4.79 Å². The van der Waals surface area contributed by atoms with Crippen LogP contribution in [0.4, 0.5) is 5.69 Å². The van der Waals surface area contributed by atoms with Gasteiger partial charge in [-0.25, -0.2) is 4.85 Å². The molecule has 0 aliphatic heterocycles. The van der Waals surface area contributed by atoms with Crippen LogP contribution in [0.25, 0.3) is 4.85 Å². The standard InChI is InChI=1S/C15H10ClNO2/c1-17-13-8-5-11(9-14(13)19-2)15(18)10-3-6-12(16)7-4-10/h3-9H,2H3/i1-1. The molecule has 2 rings (SSSR count). The van der Waals surface area contributed by atoms with E-state index in [4.69, 9.17) is 22.9 Å². The molecule has 0 saturated carbocycles. The van der Waals surface area contributed by atoms with Crippen molar-refractivity contribution in [2.75, 3.05) is 7.11 Å². The summed E-state index contributed by atoms with van der Waals surface area (Å²) in [5.41, 5.74) is 1.41. The molecule has 0 bridgehead atoms. The van der Waals surface area contributed by atoms with Crippen LogP contribution in [0.2, 0.25) is 5.02 Å². The van der Waals surface area contributed by atoms with Gasteiger partial charge in [-0.1, -0.05) is 23.7 Å². The maximum absolute atomic E-state index is 12.2. The second kappa shape index (κ2) is 5.55. The van der Waals surface area contributed by atoms with Crippen LogP contribution in [0.3, 0.4) is 0 Å². The number of ether oxygens (including phenoxy) is 1. The van der Waals surface area contributed by atoms with Gasteiger partial charge in [0, 0.05) is 16.1 Å². The number of rotatable bonds is 3. The van der Waals surface area contributed by atoms with Crippen molar-refractivity contribution in [3.05, 3.63) is 70.0 Å². The molecule has 94 valence electrons. The molecule has 0 N–H and O–H groups in total. The first-order valence-corrected chi connectivity index (χ1v) is 5.89. The van der Waals surface area contributed by atoms with Gasteiger partial charge in [-0.05, 0) is 30.3 Å². The normalized spacial score (nSPS) is 9.74. The fraction of sp³-hybridized carbons (Fsp3) is 0.0667. The van der Waals surface area contributed by atoms with Crippen molar-refractivity contribution in [3.63, 3.8) is 0 Å². The van der Waals surface area contributed by atoms with Crippen molar-refractivity contribution < 1.29 is 9.53 Å². The largest absolute Gasteiger partial charge is 0.508 e. The zero-order chi connectivity index (χ0) is 13.8. The highest BCUT2D eigenvalue weighted by Crippen LogP contribution is 2.29. The minimum Gasteiger partial charge on any atom is -0.508 e. The Hall–Kier alpha value is -2.31. The lowest BCUT2D eigenvalue weighted by Crippen LogP contribution is -2.01. The van der Waals surface area contributed by atoms with Crippen LogP contribution in [0, 0.1) is 6.57 Å². The monoisotopic (exact) mass is 270 g/mol. The zero-order valence-corrected chi connectivity index (χ0v) is 10.9. The molecule has 3 nitrogen and oxygen atoms in total. The number of nitrogens with zero attached hydrogens (tertiary/aromatic N) is 1. The third-order valence-electron chi connectivity index (χ3n) is 2.67. The highest BCUT2D eigenvalue weighted by atomic mass is 35.5. The number of hydrogen-bond donors (Lipinski definition) is 0. The molecule has 0 radical (unpaired) electrons. The second-order valence-corrected chi connectivity index (χ2v) is 4.27. The molecule has 0 spiro atoms. The first kappa shape index (κ1) is 13.1. The van der Waals surface area contributed by atoms with Gasteiger partial charge >= 0.3 is 0 Å². The van der Waals surface area contributed by atoms with Crippen LogP contribution in [-0.4, -0.2) is 12.9 Å². The first-order valence-electron chi connectivity index (χ1n) is 5.51. The summed E-state index contributed by atoms with van der Waals surface area (Å²) in [4.78, 5) is 15.6. The fourth-order valence-electron chi connectivity index (χ4n) is 1.68. The lowest BCUT2D eigenvalue weighted by atomic mass is 10.0. The Labute approximate surface area is 116 Å². The minimum atomic E-state index is -0.133. The summed E-state index contributed by atoms with van der Waals surface area (Å²) in [6.45, 7) is 7.00. The molecular weight excluding hydrogens is 261 g/mol. The number of benzene rings is 2. The van der Waals surface area contributed by atoms with E-state index in [2.05, 4.69) is 4.85 Å². The number of methoxy groups -OCH3 is 1. The maximum Gasteiger partial charge on any atom is 0.228 e. The molecule has 19 heavy (non-hydrogen) atoms. The van der Waals surface area contributed by atoms with Crippen LogP contribution < -0.4 is 4.74 Å². The summed E-state index contributed by atoms with van der Waals surface area (Å²) < 4.78 is 5.09. The van der Waals surface area contributed by atoms with E-state index in [0.29, 0.717) is 27.6 Å². The van der Waals surface area contributed by atoms with Crippen molar-refractivity contribution >= 4 is 23.1 Å². The SMILES string of the molecule is COc1cc(C(=O)c2ccc(Cl)cc2)ccc1[N+]#[11C-]. The Morgan fingerprint density at radius 1 is 1.16 bits per heavy atom. The average molecular weight is 271 g/mol. The van der Waals surface area contributed by atoms with Crippen molar-refractivity contribution in [3.8, 4) is 5.75 Å². The smallest absolute Gasteiger partial charge is 0.228 e. The second-order valence-electron chi connectivity index (χ2n) is 3.83. The zero-order valence-electron chi connectivity index (χ0n) is 10.2. The van der Waals surface area contributed by atoms with Crippen molar-refractivity contribution in [2.24, 2.45) is 0 Å². The van der Waals surface area contributed by atoms with Crippen LogP contribution in [0.1, 0.15) is 15.9 Å². The van der Waals surface area contributed by atoms with E-state index in [-0.39, 0.29) is 5.78 Å². The third-order valence-corrected chi connectivity index (χ3v) is 2.92. The van der Waals surface area contributed by atoms with Crippen molar-refractivity contribution in [1.82, 2.24) is 0 Å². The predicted octanol–water partition coefficient (Wildman–Crippen LogP) is 4.13. The van der Waals surface area contributed by atoms with Crippen molar-refractivity contribution in [2.45, 2.75) is 0 Å². The summed E-state index contributed by atoms with van der Waals surface area (Å²) in [6, 6.07) is 11.4. The summed E-state index contributed by atoms with van der Waals surface area (Å²) in [5.74, 6) is 0.265. The molecule has 2 aromatic rings. The Kier molecular flexibility index (Phi) is 3.84. The molecule has 4 heteroatoms. The van der Waals surface area contributed by atoms with Gasteiger partial charge in [0.05, 0.1) is 13.7 Å². The molecule has 0 aliphatic rings. The number of hydrogen-bond acceptors (Lipinski definition) is 2. The topological polar surface area (TPSA) is 30.7 Å². The van der Waals surface area contributed by atoms with E-state index < -0.39 is 0 Å². The highest BCUT2D eigenvalue weighted by molar-refractivity contribution is 6.30. The van der Waals surface area contributed by atoms with Crippen LogP contribution >= 0.6 is 11.6 Å². The van der Waals surface area contributed by atoms with Crippen LogP contribution in [0.5, 0.6) is 5.75 Å². The molecule has 0 unspecified atom stereocenters. The van der Waals surface area contributed by atoms with Gasteiger partial charge in [0.1, 0.15) is 5.75 Å². The molecule has 2 aromatic carbocycles. The van der Waals surface area contributed by atoms with E-state index in [1.807, 2.05) is 0 Å². The predicted molar refractivity (Wildman–Crippen MR) is 74.1 cm³/mol. The Morgan fingerprint density at radius 3 is 2.37 bits per heavy atom. The summed E-state index contributed by atoms with van der Waals surface area (Å²) >= 11 is 5.79. The van der Waals surface area contributed by atoms with Gasteiger partial charge in [0.15, 0.2) is 5.78 Å². The number of carbonyl (C=O) groups is 1. The van der Waals surface area contributed by atoms with E-state index >= 15 is 0 Å². The maximum atomic E-state index is 12.2. The molecule has 0 amide bonds. The highest BCUT2D eigenvalue weighted by Gasteiger charge is 2.12. The Bertz CT molecular complexity index is 657. The van der Waals surface area contributed by atoms with Crippen LogP contribution in [0.15, 0.2) is 42.5 Å². The quantitative estimate of drug-likeness (QED) is 0.620. The summed E-state index contributed by atoms with van der Waals surface area (Å²) in [7, 11) is 1.47. The first-order chi connectivity index (χ1) is 9.15. The molecule has 0 heterocycles. The summed E-state index contributed by atoms with van der Waals surface area (Å²) in [6.07, 6.45) is 0. The van der Waals surface area contributed by atoms with Gasteiger partial charge < -0.3 is 4.74 Å². The fourth-order valence-corrected chi connectivity index (χ4v) is 1.81. The Morgan fingerprint density at radius 2 is 1.79 bits per heavy atom. The van der Waals surface area contributed by atoms with E-state index in [1.54, 1.807) is 42.5 Å². The van der Waals surface area contributed by atoms with Crippen LogP contribution in [-0.2, 0) is 0 Å². The molecule has 0 fully saturated rings. The molecular formula is C15H10ClNO2. The van der Waals surface area contributed by atoms with E-state index in [1.165, 1.54) is 7.11 Å². The molecule has 0 aromatic heterocycles. The number of carbonyl (C=O) groups excluding carboxylic acids is 1. The third kappa shape index (κ3) is 2.75. The summed E-state index contributed by atoms with van der Waals surface area (Å²) in [5, 5.41) is 0.581. The number of ketones is 1.